The number of aromatic amines is 1. The Morgan fingerprint density at radius 3 is 2.76 bits per heavy atom. The monoisotopic (exact) mass is 237 g/mol. The van der Waals surface area contributed by atoms with E-state index in [0.717, 1.165) is 0 Å². The Bertz CT molecular complexity index is 612. The summed E-state index contributed by atoms with van der Waals surface area (Å²) in [5.74, 6) is -0.713. The number of aromatic nitrogens is 3. The normalized spacial score (nSPS) is 18.4. The van der Waals surface area contributed by atoms with E-state index in [1.54, 1.807) is 0 Å². The molecule has 3 rings (SSSR count). The molecule has 2 heterocycles. The van der Waals surface area contributed by atoms with Crippen molar-refractivity contribution in [2.45, 2.75) is 18.9 Å². The smallest absolute Gasteiger partial charge is 0.271 e. The first-order valence-corrected chi connectivity index (χ1v) is 5.28. The second-order valence-electron chi connectivity index (χ2n) is 4.00. The van der Waals surface area contributed by atoms with Crippen LogP contribution in [0.5, 0.6) is 0 Å². The molecule has 88 valence electrons. The fourth-order valence-electron chi connectivity index (χ4n) is 2.33. The number of nitrogens with one attached hydrogen (secondary N) is 1. The van der Waals surface area contributed by atoms with Gasteiger partial charge >= 0.3 is 5.69 Å². The molecule has 1 aliphatic rings. The van der Waals surface area contributed by atoms with Gasteiger partial charge in [0.15, 0.2) is 0 Å². The molecule has 17 heavy (non-hydrogen) atoms. The largest absolute Gasteiger partial charge is 0.343 e. The Morgan fingerprint density at radius 1 is 1.35 bits per heavy atom. The molecule has 6 heteroatoms. The number of rotatable bonds is 1. The Morgan fingerprint density at radius 2 is 2.06 bits per heavy atom. The van der Waals surface area contributed by atoms with Gasteiger partial charge in [0.05, 0.1) is 6.04 Å². The minimum Gasteiger partial charge on any atom is -0.271 e. The summed E-state index contributed by atoms with van der Waals surface area (Å²) in [6.07, 6.45) is 1.03. The van der Waals surface area contributed by atoms with E-state index in [4.69, 9.17) is 0 Å². The van der Waals surface area contributed by atoms with Crippen LogP contribution in [0.4, 0.5) is 8.78 Å². The summed E-state index contributed by atoms with van der Waals surface area (Å²) in [6.45, 7) is 0. The van der Waals surface area contributed by atoms with Crippen LogP contribution in [-0.2, 0) is 6.42 Å². The number of fused-ring (bicyclic) bond motifs is 1. The lowest BCUT2D eigenvalue weighted by molar-refractivity contribution is 0.492. The molecular formula is C11H9F2N3O. The standard InChI is InChI=1S/C11H9F2N3O/c12-6-2-1-3-7(13)10(6)8-4-5-9-14-15-11(17)16(8)9/h1-3,8H,4-5H2,(H,15,17)/t8-/m0/s1. The molecule has 0 radical (unpaired) electrons. The summed E-state index contributed by atoms with van der Waals surface area (Å²) >= 11 is 0. The highest BCUT2D eigenvalue weighted by Crippen LogP contribution is 2.32. The molecule has 0 fully saturated rings. The summed E-state index contributed by atoms with van der Waals surface area (Å²) in [7, 11) is 0. The lowest BCUT2D eigenvalue weighted by Crippen LogP contribution is -2.22. The van der Waals surface area contributed by atoms with Crippen LogP contribution in [0.25, 0.3) is 0 Å². The summed E-state index contributed by atoms with van der Waals surface area (Å²) in [5.41, 5.74) is -0.486. The summed E-state index contributed by atoms with van der Waals surface area (Å²) in [5, 5.41) is 6.10. The highest BCUT2D eigenvalue weighted by Gasteiger charge is 2.30. The van der Waals surface area contributed by atoms with E-state index in [0.29, 0.717) is 18.7 Å². The second-order valence-corrected chi connectivity index (χ2v) is 4.00. The number of nitrogens with zero attached hydrogens (tertiary/aromatic N) is 2. The van der Waals surface area contributed by atoms with Gasteiger partial charge in [-0.15, -0.1) is 0 Å². The molecular weight excluding hydrogens is 228 g/mol. The van der Waals surface area contributed by atoms with Gasteiger partial charge in [0.2, 0.25) is 0 Å². The van der Waals surface area contributed by atoms with E-state index in [-0.39, 0.29) is 5.56 Å². The third-order valence-corrected chi connectivity index (χ3v) is 3.06. The quantitative estimate of drug-likeness (QED) is 0.814. The Hall–Kier alpha value is -1.98. The molecule has 0 aliphatic carbocycles. The van der Waals surface area contributed by atoms with Gasteiger partial charge in [-0.2, -0.15) is 5.10 Å². The molecule has 0 saturated heterocycles. The number of benzene rings is 1. The van der Waals surface area contributed by atoms with E-state index in [1.165, 1.54) is 22.8 Å². The molecule has 0 unspecified atom stereocenters. The third kappa shape index (κ3) is 1.40. The van der Waals surface area contributed by atoms with Crippen LogP contribution < -0.4 is 5.69 Å². The SMILES string of the molecule is O=c1[nH]nc2n1[C@H](c1c(F)cccc1F)CC2. The van der Waals surface area contributed by atoms with Crippen molar-refractivity contribution in [3.8, 4) is 0 Å². The van der Waals surface area contributed by atoms with Gasteiger partial charge in [-0.25, -0.2) is 18.7 Å². The van der Waals surface area contributed by atoms with E-state index < -0.39 is 23.4 Å². The lowest BCUT2D eigenvalue weighted by Gasteiger charge is -2.13. The van der Waals surface area contributed by atoms with Crippen LogP contribution >= 0.6 is 0 Å². The number of aryl methyl sites for hydroxylation is 1. The van der Waals surface area contributed by atoms with Crippen LogP contribution in [0.2, 0.25) is 0 Å². The van der Waals surface area contributed by atoms with E-state index >= 15 is 0 Å². The predicted octanol–water partition coefficient (Wildman–Crippen LogP) is 1.39. The zero-order valence-electron chi connectivity index (χ0n) is 8.78. The molecule has 1 aromatic heterocycles. The van der Waals surface area contributed by atoms with Gasteiger partial charge in [0.25, 0.3) is 0 Å². The maximum atomic E-state index is 13.6. The second kappa shape index (κ2) is 3.51. The number of hydrogen-bond donors (Lipinski definition) is 1. The van der Waals surface area contributed by atoms with Crippen molar-refractivity contribution in [1.29, 1.82) is 0 Å². The molecule has 0 spiro atoms. The minimum atomic E-state index is -0.629. The predicted molar refractivity (Wildman–Crippen MR) is 55.7 cm³/mol. The highest BCUT2D eigenvalue weighted by atomic mass is 19.1. The average Bonchev–Trinajstić information content (AvgIpc) is 2.83. The van der Waals surface area contributed by atoms with E-state index in [1.807, 2.05) is 0 Å². The van der Waals surface area contributed by atoms with Gasteiger partial charge in [0, 0.05) is 12.0 Å². The molecule has 1 aromatic carbocycles. The van der Waals surface area contributed by atoms with Gasteiger partial charge in [-0.3, -0.25) is 4.57 Å². The highest BCUT2D eigenvalue weighted by molar-refractivity contribution is 5.26. The van der Waals surface area contributed by atoms with Crippen LogP contribution in [-0.4, -0.2) is 14.8 Å². The molecule has 0 bridgehead atoms. The number of halogens is 2. The zero-order chi connectivity index (χ0) is 12.0. The van der Waals surface area contributed by atoms with E-state index in [2.05, 4.69) is 10.2 Å². The topological polar surface area (TPSA) is 50.7 Å². The Labute approximate surface area is 94.9 Å². The molecule has 1 atom stereocenters. The van der Waals surface area contributed by atoms with Crippen molar-refractivity contribution >= 4 is 0 Å². The van der Waals surface area contributed by atoms with Crippen LogP contribution in [0.3, 0.4) is 0 Å². The summed E-state index contributed by atoms with van der Waals surface area (Å²) in [6, 6.07) is 3.10. The average molecular weight is 237 g/mol. The van der Waals surface area contributed by atoms with Gasteiger partial charge in [-0.05, 0) is 18.6 Å². The first-order chi connectivity index (χ1) is 8.18. The van der Waals surface area contributed by atoms with Crippen LogP contribution in [0.1, 0.15) is 23.9 Å². The molecule has 1 aliphatic heterocycles. The fraction of sp³-hybridized carbons (Fsp3) is 0.273. The van der Waals surface area contributed by atoms with Crippen molar-refractivity contribution in [3.63, 3.8) is 0 Å². The van der Waals surface area contributed by atoms with Crippen molar-refractivity contribution in [2.24, 2.45) is 0 Å². The van der Waals surface area contributed by atoms with Crippen LogP contribution in [0, 0.1) is 11.6 Å². The Kier molecular flexibility index (Phi) is 2.10. The number of H-pyrrole nitrogens is 1. The van der Waals surface area contributed by atoms with Crippen molar-refractivity contribution in [2.75, 3.05) is 0 Å². The molecule has 4 nitrogen and oxygen atoms in total. The fourth-order valence-corrected chi connectivity index (χ4v) is 2.33. The summed E-state index contributed by atoms with van der Waals surface area (Å²) in [4.78, 5) is 11.5. The zero-order valence-corrected chi connectivity index (χ0v) is 8.78. The van der Waals surface area contributed by atoms with Crippen LogP contribution in [0.15, 0.2) is 23.0 Å². The maximum absolute atomic E-state index is 13.6. The minimum absolute atomic E-state index is 0.0604. The van der Waals surface area contributed by atoms with E-state index in [9.17, 15) is 13.6 Å². The van der Waals surface area contributed by atoms with Gasteiger partial charge < -0.3 is 0 Å². The first-order valence-electron chi connectivity index (χ1n) is 5.28. The molecule has 0 amide bonds. The van der Waals surface area contributed by atoms with Crippen molar-refractivity contribution in [1.82, 2.24) is 14.8 Å². The molecule has 2 aromatic rings. The summed E-state index contributed by atoms with van der Waals surface area (Å²) < 4.78 is 28.6. The van der Waals surface area contributed by atoms with Crippen molar-refractivity contribution in [3.05, 3.63) is 51.7 Å². The van der Waals surface area contributed by atoms with Crippen molar-refractivity contribution < 1.29 is 8.78 Å². The number of hydrogen-bond acceptors (Lipinski definition) is 2. The van der Waals surface area contributed by atoms with Gasteiger partial charge in [-0.1, -0.05) is 6.07 Å². The van der Waals surface area contributed by atoms with Gasteiger partial charge in [0.1, 0.15) is 17.5 Å². The maximum Gasteiger partial charge on any atom is 0.343 e. The first kappa shape index (κ1) is 10.2. The Balaban J connectivity index is 2.19. The molecule has 1 N–H and O–H groups in total. The third-order valence-electron chi connectivity index (χ3n) is 3.06. The molecule has 0 saturated carbocycles. The lowest BCUT2D eigenvalue weighted by atomic mass is 10.0.